The van der Waals surface area contributed by atoms with Crippen molar-refractivity contribution in [3.8, 4) is 0 Å². The number of likely N-dealkylation sites (tertiary alicyclic amines) is 1. The Balaban J connectivity index is 1.54. The van der Waals surface area contributed by atoms with E-state index in [0.717, 1.165) is 23.7 Å². The number of aryl methyl sites for hydroxylation is 3. The summed E-state index contributed by atoms with van der Waals surface area (Å²) < 4.78 is 12.9. The molecule has 0 aromatic carbocycles. The minimum Gasteiger partial charge on any atom is -0.446 e. The van der Waals surface area contributed by atoms with E-state index in [1.165, 1.54) is 0 Å². The van der Waals surface area contributed by atoms with Crippen molar-refractivity contribution in [2.45, 2.75) is 26.3 Å². The Labute approximate surface area is 159 Å². The molecule has 0 radical (unpaired) electrons. The molecule has 0 spiro atoms. The van der Waals surface area contributed by atoms with E-state index in [-0.39, 0.29) is 17.7 Å². The average molecular weight is 373 g/mol. The largest absolute Gasteiger partial charge is 0.446 e. The van der Waals surface area contributed by atoms with Crippen molar-refractivity contribution in [3.63, 3.8) is 0 Å². The lowest BCUT2D eigenvalue weighted by atomic mass is 9.92. The molecule has 2 atom stereocenters. The third-order valence-electron chi connectivity index (χ3n) is 5.51. The first-order chi connectivity index (χ1) is 13.0. The molecule has 2 fully saturated rings. The number of nitrogens with zero attached hydrogens (tertiary/aromatic N) is 5. The summed E-state index contributed by atoms with van der Waals surface area (Å²) in [6.45, 7) is 8.59. The normalized spacial score (nSPS) is 23.9. The van der Waals surface area contributed by atoms with Crippen LogP contribution in [0.25, 0.3) is 0 Å². The van der Waals surface area contributed by atoms with Crippen LogP contribution in [0.5, 0.6) is 0 Å². The molecule has 0 unspecified atom stereocenters. The lowest BCUT2D eigenvalue weighted by Crippen LogP contribution is -2.45. The first-order valence-corrected chi connectivity index (χ1v) is 9.51. The van der Waals surface area contributed by atoms with Crippen molar-refractivity contribution < 1.29 is 13.9 Å². The lowest BCUT2D eigenvalue weighted by Gasteiger charge is -2.30. The molecule has 4 heterocycles. The lowest BCUT2D eigenvalue weighted by molar-refractivity contribution is -0.139. The van der Waals surface area contributed by atoms with Crippen LogP contribution in [0.3, 0.4) is 0 Å². The Morgan fingerprint density at radius 3 is 2.67 bits per heavy atom. The van der Waals surface area contributed by atoms with E-state index in [1.807, 2.05) is 36.6 Å². The van der Waals surface area contributed by atoms with Crippen molar-refractivity contribution in [2.75, 3.05) is 39.4 Å². The van der Waals surface area contributed by atoms with Gasteiger partial charge in [-0.25, -0.2) is 9.97 Å². The zero-order valence-electron chi connectivity index (χ0n) is 16.2. The first-order valence-electron chi connectivity index (χ1n) is 9.51. The zero-order chi connectivity index (χ0) is 19.0. The Kier molecular flexibility index (Phi) is 5.01. The van der Waals surface area contributed by atoms with Crippen molar-refractivity contribution in [1.29, 1.82) is 0 Å². The van der Waals surface area contributed by atoms with Crippen molar-refractivity contribution in [2.24, 2.45) is 13.0 Å². The van der Waals surface area contributed by atoms with Crippen LogP contribution in [0.2, 0.25) is 0 Å². The van der Waals surface area contributed by atoms with Crippen LogP contribution in [0.1, 0.15) is 29.0 Å². The fraction of sp³-hybridized carbons (Fsp3) is 0.632. The number of carbonyl (C=O) groups is 1. The third-order valence-corrected chi connectivity index (χ3v) is 5.51. The smallest absolute Gasteiger partial charge is 0.227 e. The van der Waals surface area contributed by atoms with E-state index in [9.17, 15) is 4.79 Å². The van der Waals surface area contributed by atoms with E-state index in [4.69, 9.17) is 9.15 Å². The third kappa shape index (κ3) is 3.77. The number of oxazole rings is 1. The average Bonchev–Trinajstić information content (AvgIpc) is 3.34. The SMILES string of the molecule is Cc1nc(CN2C[C@@H](C(=O)N3CCOCC3)[C@H](c3cn(C)cn3)C2)c(C)o1. The number of hydrogen-bond acceptors (Lipinski definition) is 6. The van der Waals surface area contributed by atoms with Gasteiger partial charge in [-0.2, -0.15) is 0 Å². The van der Waals surface area contributed by atoms with Gasteiger partial charge in [-0.1, -0.05) is 0 Å². The topological polar surface area (TPSA) is 76.6 Å². The van der Waals surface area contributed by atoms with Crippen LogP contribution in [-0.2, 0) is 23.1 Å². The van der Waals surface area contributed by atoms with Gasteiger partial charge in [0.25, 0.3) is 0 Å². The number of hydrogen-bond donors (Lipinski definition) is 0. The number of morpholine rings is 1. The predicted octanol–water partition coefficient (Wildman–Crippen LogP) is 1.10. The summed E-state index contributed by atoms with van der Waals surface area (Å²) in [5, 5.41) is 0. The maximum atomic E-state index is 13.2. The van der Waals surface area contributed by atoms with Gasteiger partial charge < -0.3 is 18.6 Å². The molecule has 2 saturated heterocycles. The molecule has 2 aromatic rings. The molecule has 2 aliphatic rings. The minimum absolute atomic E-state index is 0.0914. The van der Waals surface area contributed by atoms with Crippen LogP contribution in [-0.4, -0.2) is 69.6 Å². The zero-order valence-corrected chi connectivity index (χ0v) is 16.2. The van der Waals surface area contributed by atoms with Gasteiger partial charge in [0.2, 0.25) is 5.91 Å². The molecule has 4 rings (SSSR count). The fourth-order valence-electron chi connectivity index (χ4n) is 4.14. The van der Waals surface area contributed by atoms with Gasteiger partial charge in [-0.05, 0) is 6.92 Å². The van der Waals surface area contributed by atoms with Gasteiger partial charge >= 0.3 is 0 Å². The number of imidazole rings is 1. The first kappa shape index (κ1) is 18.2. The minimum atomic E-state index is -0.0914. The van der Waals surface area contributed by atoms with Gasteiger partial charge in [0, 0.05) is 58.8 Å². The summed E-state index contributed by atoms with van der Waals surface area (Å²) in [4.78, 5) is 26.5. The van der Waals surface area contributed by atoms with Crippen LogP contribution >= 0.6 is 0 Å². The molecule has 2 aromatic heterocycles. The highest BCUT2D eigenvalue weighted by Gasteiger charge is 2.41. The van der Waals surface area contributed by atoms with E-state index < -0.39 is 0 Å². The molecule has 146 valence electrons. The summed E-state index contributed by atoms with van der Waals surface area (Å²) in [5.74, 6) is 1.75. The maximum absolute atomic E-state index is 13.2. The number of amides is 1. The fourth-order valence-corrected chi connectivity index (χ4v) is 4.14. The quantitative estimate of drug-likeness (QED) is 0.799. The van der Waals surface area contributed by atoms with Crippen LogP contribution < -0.4 is 0 Å². The molecule has 0 bridgehead atoms. The number of aromatic nitrogens is 3. The van der Waals surface area contributed by atoms with Crippen molar-refractivity contribution >= 4 is 5.91 Å². The predicted molar refractivity (Wildman–Crippen MR) is 98.1 cm³/mol. The molecule has 8 heteroatoms. The molecular weight excluding hydrogens is 346 g/mol. The van der Waals surface area contributed by atoms with E-state index in [1.54, 1.807) is 6.33 Å². The molecule has 8 nitrogen and oxygen atoms in total. The van der Waals surface area contributed by atoms with Crippen molar-refractivity contribution in [1.82, 2.24) is 24.3 Å². The van der Waals surface area contributed by atoms with E-state index in [0.29, 0.717) is 45.3 Å². The van der Waals surface area contributed by atoms with Crippen LogP contribution in [0.4, 0.5) is 0 Å². The second-order valence-electron chi connectivity index (χ2n) is 7.54. The molecule has 0 saturated carbocycles. The van der Waals surface area contributed by atoms with Gasteiger partial charge in [-0.15, -0.1) is 0 Å². The van der Waals surface area contributed by atoms with Crippen molar-refractivity contribution in [3.05, 3.63) is 35.6 Å². The van der Waals surface area contributed by atoms with E-state index in [2.05, 4.69) is 14.9 Å². The van der Waals surface area contributed by atoms with Gasteiger partial charge in [0.1, 0.15) is 5.76 Å². The van der Waals surface area contributed by atoms with E-state index >= 15 is 0 Å². The van der Waals surface area contributed by atoms with Gasteiger partial charge in [-0.3, -0.25) is 9.69 Å². The molecule has 1 amide bonds. The highest BCUT2D eigenvalue weighted by atomic mass is 16.5. The second kappa shape index (κ2) is 7.44. The number of ether oxygens (including phenoxy) is 1. The highest BCUT2D eigenvalue weighted by Crippen LogP contribution is 2.34. The second-order valence-corrected chi connectivity index (χ2v) is 7.54. The highest BCUT2D eigenvalue weighted by molar-refractivity contribution is 5.80. The summed E-state index contributed by atoms with van der Waals surface area (Å²) in [6, 6.07) is 0. The number of rotatable bonds is 4. The molecule has 27 heavy (non-hydrogen) atoms. The Morgan fingerprint density at radius 2 is 2.04 bits per heavy atom. The summed E-state index contributed by atoms with van der Waals surface area (Å²) in [7, 11) is 1.96. The maximum Gasteiger partial charge on any atom is 0.227 e. The monoisotopic (exact) mass is 373 g/mol. The summed E-state index contributed by atoms with van der Waals surface area (Å²) in [6.07, 6.45) is 3.83. The molecule has 2 aliphatic heterocycles. The Morgan fingerprint density at radius 1 is 1.26 bits per heavy atom. The van der Waals surface area contributed by atoms with Crippen LogP contribution in [0, 0.1) is 19.8 Å². The summed E-state index contributed by atoms with van der Waals surface area (Å²) in [5.41, 5.74) is 1.94. The summed E-state index contributed by atoms with van der Waals surface area (Å²) >= 11 is 0. The Hall–Kier alpha value is -2.19. The van der Waals surface area contributed by atoms with Gasteiger partial charge in [0.15, 0.2) is 5.89 Å². The molecule has 0 N–H and O–H groups in total. The molecular formula is C19H27N5O3. The van der Waals surface area contributed by atoms with Crippen LogP contribution in [0.15, 0.2) is 16.9 Å². The standard InChI is InChI=1S/C19H27N5O3/c1-13-17(21-14(2)27-13)11-23-8-15(18-10-22(3)12-20-18)16(9-23)19(25)24-4-6-26-7-5-24/h10,12,15-16H,4-9,11H2,1-3H3/t15-,16-/m1/s1. The Bertz CT molecular complexity index is 808. The van der Waals surface area contributed by atoms with Gasteiger partial charge in [0.05, 0.1) is 36.8 Å². The number of carbonyl (C=O) groups excluding carboxylic acids is 1. The molecule has 0 aliphatic carbocycles.